The fourth-order valence-electron chi connectivity index (χ4n) is 1.44. The molecule has 0 saturated heterocycles. The van der Waals surface area contributed by atoms with Gasteiger partial charge >= 0.3 is 0 Å². The van der Waals surface area contributed by atoms with Crippen LogP contribution in [0.3, 0.4) is 0 Å². The summed E-state index contributed by atoms with van der Waals surface area (Å²) < 4.78 is 2.44. The van der Waals surface area contributed by atoms with Crippen LogP contribution in [0.25, 0.3) is 10.1 Å². The van der Waals surface area contributed by atoms with Gasteiger partial charge in [0.05, 0.1) is 10.8 Å². The Morgan fingerprint density at radius 1 is 1.50 bits per heavy atom. The van der Waals surface area contributed by atoms with Gasteiger partial charge < -0.3 is 10.8 Å². The zero-order valence-electron chi connectivity index (χ0n) is 7.78. The van der Waals surface area contributed by atoms with Crippen molar-refractivity contribution in [2.24, 2.45) is 0 Å². The SMILES string of the molecule is CSc1cc2c(CO)c(N)ccc2s1. The van der Waals surface area contributed by atoms with E-state index in [0.717, 1.165) is 10.9 Å². The Balaban J connectivity index is 2.73. The number of thiophene rings is 1. The minimum atomic E-state index is 0.00767. The minimum Gasteiger partial charge on any atom is -0.398 e. The van der Waals surface area contributed by atoms with Crippen molar-refractivity contribution in [3.63, 3.8) is 0 Å². The summed E-state index contributed by atoms with van der Waals surface area (Å²) >= 11 is 3.45. The first-order valence-electron chi connectivity index (χ1n) is 4.22. The van der Waals surface area contributed by atoms with Crippen molar-refractivity contribution in [2.75, 3.05) is 12.0 Å². The first-order valence-corrected chi connectivity index (χ1v) is 6.26. The lowest BCUT2D eigenvalue weighted by Crippen LogP contribution is -1.93. The van der Waals surface area contributed by atoms with Crippen molar-refractivity contribution in [1.29, 1.82) is 0 Å². The molecule has 0 amide bonds. The van der Waals surface area contributed by atoms with Gasteiger partial charge in [-0.2, -0.15) is 0 Å². The molecule has 0 aliphatic rings. The summed E-state index contributed by atoms with van der Waals surface area (Å²) in [5, 5.41) is 10.3. The fourth-order valence-corrected chi connectivity index (χ4v) is 3.10. The predicted molar refractivity (Wildman–Crippen MR) is 63.9 cm³/mol. The van der Waals surface area contributed by atoms with Gasteiger partial charge in [0.15, 0.2) is 0 Å². The van der Waals surface area contributed by atoms with E-state index in [1.54, 1.807) is 23.1 Å². The first-order chi connectivity index (χ1) is 6.76. The summed E-state index contributed by atoms with van der Waals surface area (Å²) in [5.74, 6) is 0. The summed E-state index contributed by atoms with van der Waals surface area (Å²) in [5.41, 5.74) is 7.30. The third-order valence-electron chi connectivity index (χ3n) is 2.19. The molecule has 0 saturated carbocycles. The van der Waals surface area contributed by atoms with Crippen molar-refractivity contribution in [2.45, 2.75) is 10.8 Å². The monoisotopic (exact) mass is 225 g/mol. The third kappa shape index (κ3) is 1.49. The molecule has 3 N–H and O–H groups in total. The summed E-state index contributed by atoms with van der Waals surface area (Å²) in [6, 6.07) is 5.95. The maximum Gasteiger partial charge on any atom is 0.0708 e. The van der Waals surface area contributed by atoms with Crippen LogP contribution in [0.2, 0.25) is 0 Å². The molecule has 0 aliphatic heterocycles. The number of fused-ring (bicyclic) bond motifs is 1. The van der Waals surface area contributed by atoms with Crippen molar-refractivity contribution in [3.8, 4) is 0 Å². The third-order valence-corrected chi connectivity index (χ3v) is 4.35. The van der Waals surface area contributed by atoms with Gasteiger partial charge in [-0.05, 0) is 24.5 Å². The highest BCUT2D eigenvalue weighted by Gasteiger charge is 2.07. The van der Waals surface area contributed by atoms with Gasteiger partial charge in [0, 0.05) is 21.3 Å². The average molecular weight is 225 g/mol. The molecule has 4 heteroatoms. The molecular weight excluding hydrogens is 214 g/mol. The highest BCUT2D eigenvalue weighted by molar-refractivity contribution is 8.00. The Hall–Kier alpha value is -0.710. The van der Waals surface area contributed by atoms with Gasteiger partial charge in [-0.3, -0.25) is 0 Å². The molecular formula is C10H11NOS2. The molecule has 14 heavy (non-hydrogen) atoms. The number of aliphatic hydroxyl groups is 1. The van der Waals surface area contributed by atoms with Crippen molar-refractivity contribution >= 4 is 38.9 Å². The zero-order valence-corrected chi connectivity index (χ0v) is 9.41. The number of anilines is 1. The predicted octanol–water partition coefficient (Wildman–Crippen LogP) is 2.70. The molecule has 0 fully saturated rings. The van der Waals surface area contributed by atoms with Crippen molar-refractivity contribution < 1.29 is 5.11 Å². The molecule has 0 unspecified atom stereocenters. The van der Waals surface area contributed by atoms with Gasteiger partial charge in [0.1, 0.15) is 0 Å². The molecule has 1 aromatic heterocycles. The quantitative estimate of drug-likeness (QED) is 0.610. The van der Waals surface area contributed by atoms with Crippen LogP contribution >= 0.6 is 23.1 Å². The van der Waals surface area contributed by atoms with Crippen LogP contribution in [0, 0.1) is 0 Å². The molecule has 2 aromatic rings. The fraction of sp³-hybridized carbons (Fsp3) is 0.200. The van der Waals surface area contributed by atoms with Gasteiger partial charge in [-0.1, -0.05) is 0 Å². The number of aliphatic hydroxyl groups excluding tert-OH is 1. The van der Waals surface area contributed by atoms with Gasteiger partial charge in [0.25, 0.3) is 0 Å². The van der Waals surface area contributed by atoms with Crippen LogP contribution < -0.4 is 5.73 Å². The van der Waals surface area contributed by atoms with Crippen LogP contribution in [0.15, 0.2) is 22.4 Å². The van der Waals surface area contributed by atoms with E-state index in [0.29, 0.717) is 5.69 Å². The standard InChI is InChI=1S/C10H11NOS2/c1-13-10-4-6-7(5-12)8(11)2-3-9(6)14-10/h2-4,12H,5,11H2,1H3. The van der Waals surface area contributed by atoms with E-state index in [1.165, 1.54) is 8.91 Å². The Bertz CT molecular complexity index is 464. The maximum atomic E-state index is 9.22. The number of rotatable bonds is 2. The number of nitrogen functional groups attached to an aromatic ring is 1. The van der Waals surface area contributed by atoms with Gasteiger partial charge in [0.2, 0.25) is 0 Å². The normalized spacial score (nSPS) is 11.0. The maximum absolute atomic E-state index is 9.22. The largest absolute Gasteiger partial charge is 0.398 e. The molecule has 0 atom stereocenters. The second-order valence-electron chi connectivity index (χ2n) is 2.97. The second-order valence-corrected chi connectivity index (χ2v) is 5.16. The molecule has 0 aliphatic carbocycles. The second kappa shape index (κ2) is 3.81. The minimum absolute atomic E-state index is 0.00767. The zero-order chi connectivity index (χ0) is 10.1. The van der Waals surface area contributed by atoms with Crippen molar-refractivity contribution in [3.05, 3.63) is 23.8 Å². The average Bonchev–Trinajstić information content (AvgIpc) is 2.60. The first kappa shape index (κ1) is 9.83. The Morgan fingerprint density at radius 3 is 2.93 bits per heavy atom. The molecule has 0 bridgehead atoms. The van der Waals surface area contributed by atoms with Gasteiger partial charge in [-0.15, -0.1) is 23.1 Å². The van der Waals surface area contributed by atoms with Crippen LogP contribution in [0.4, 0.5) is 5.69 Å². The van der Waals surface area contributed by atoms with E-state index in [-0.39, 0.29) is 6.61 Å². The van der Waals surface area contributed by atoms with Crippen LogP contribution in [-0.4, -0.2) is 11.4 Å². The summed E-state index contributed by atoms with van der Waals surface area (Å²) in [6.45, 7) is 0.00767. The van der Waals surface area contributed by atoms with Crippen LogP contribution in [-0.2, 0) is 6.61 Å². The van der Waals surface area contributed by atoms with E-state index in [9.17, 15) is 5.11 Å². The molecule has 1 aromatic carbocycles. The number of hydrogen-bond acceptors (Lipinski definition) is 4. The number of thioether (sulfide) groups is 1. The smallest absolute Gasteiger partial charge is 0.0708 e. The molecule has 1 heterocycles. The van der Waals surface area contributed by atoms with Crippen LogP contribution in [0.5, 0.6) is 0 Å². The highest BCUT2D eigenvalue weighted by Crippen LogP contribution is 2.35. The highest BCUT2D eigenvalue weighted by atomic mass is 32.2. The number of nitrogens with two attached hydrogens (primary N) is 1. The van der Waals surface area contributed by atoms with E-state index < -0.39 is 0 Å². The molecule has 0 spiro atoms. The number of hydrogen-bond donors (Lipinski definition) is 2. The summed E-state index contributed by atoms with van der Waals surface area (Å²) in [4.78, 5) is 0. The lowest BCUT2D eigenvalue weighted by molar-refractivity contribution is 0.284. The van der Waals surface area contributed by atoms with E-state index in [2.05, 4.69) is 6.07 Å². The lowest BCUT2D eigenvalue weighted by atomic mass is 10.1. The summed E-state index contributed by atoms with van der Waals surface area (Å²) in [6.07, 6.45) is 2.05. The van der Waals surface area contributed by atoms with Gasteiger partial charge in [-0.25, -0.2) is 0 Å². The van der Waals surface area contributed by atoms with E-state index in [1.807, 2.05) is 18.4 Å². The van der Waals surface area contributed by atoms with Crippen LogP contribution in [0.1, 0.15) is 5.56 Å². The Labute approximate surface area is 90.7 Å². The molecule has 0 radical (unpaired) electrons. The molecule has 74 valence electrons. The Morgan fingerprint density at radius 2 is 2.29 bits per heavy atom. The van der Waals surface area contributed by atoms with E-state index in [4.69, 9.17) is 5.73 Å². The Kier molecular flexibility index (Phi) is 2.67. The topological polar surface area (TPSA) is 46.2 Å². The number of benzene rings is 1. The van der Waals surface area contributed by atoms with E-state index >= 15 is 0 Å². The lowest BCUT2D eigenvalue weighted by Gasteiger charge is -2.02. The van der Waals surface area contributed by atoms with Crippen molar-refractivity contribution in [1.82, 2.24) is 0 Å². The summed E-state index contributed by atoms with van der Waals surface area (Å²) in [7, 11) is 0. The molecule has 2 rings (SSSR count). The molecule has 2 nitrogen and oxygen atoms in total.